The maximum absolute atomic E-state index is 8.79. The summed E-state index contributed by atoms with van der Waals surface area (Å²) in [6.45, 7) is 2.09. The lowest BCUT2D eigenvalue weighted by Gasteiger charge is -1.85. The van der Waals surface area contributed by atoms with Crippen LogP contribution < -0.4 is 0 Å². The first-order chi connectivity index (χ1) is 5.27. The normalized spacial score (nSPS) is 10.5. The Morgan fingerprint density at radius 1 is 1.64 bits per heavy atom. The summed E-state index contributed by atoms with van der Waals surface area (Å²) in [4.78, 5) is 4.87. The fourth-order valence-corrected chi connectivity index (χ4v) is 2.05. The number of rotatable bonds is 3. The smallest absolute Gasteiger partial charge is 0.145 e. The molecular weight excluding hydrogens is 182 g/mol. The molecule has 2 nitrogen and oxygen atoms in total. The number of nitrogens with zero attached hydrogens (tertiary/aromatic N) is 1. The third-order valence-electron chi connectivity index (χ3n) is 1.30. The first kappa shape index (κ1) is 8.97. The summed E-state index contributed by atoms with van der Waals surface area (Å²) in [7, 11) is 0. The summed E-state index contributed by atoms with van der Waals surface area (Å²) in [6.07, 6.45) is 2.01. The van der Waals surface area contributed by atoms with E-state index in [2.05, 4.69) is 11.9 Å². The summed E-state index contributed by atoms with van der Waals surface area (Å²) in [5.74, 6) is 0. The molecule has 0 aliphatic carbocycles. The van der Waals surface area contributed by atoms with Gasteiger partial charge in [0.2, 0.25) is 0 Å². The number of aryl methyl sites for hydroxylation is 1. The Bertz CT molecular complexity index is 236. The molecule has 0 unspecified atom stereocenters. The van der Waals surface area contributed by atoms with Crippen molar-refractivity contribution >= 4 is 22.9 Å². The summed E-state index contributed by atoms with van der Waals surface area (Å²) in [5, 5.41) is 10.3. The summed E-state index contributed by atoms with van der Waals surface area (Å²) in [6, 6.07) is 0. The minimum absolute atomic E-state index is 0.000213. The fraction of sp³-hybridized carbons (Fsp3) is 0.571. The van der Waals surface area contributed by atoms with Crippen LogP contribution in [-0.4, -0.2) is 10.1 Å². The van der Waals surface area contributed by atoms with E-state index >= 15 is 0 Å². The number of aromatic nitrogens is 1. The number of hydrogen-bond donors (Lipinski definition) is 1. The highest BCUT2D eigenvalue weighted by Crippen LogP contribution is 2.23. The largest absolute Gasteiger partial charge is 0.391 e. The van der Waals surface area contributed by atoms with Crippen LogP contribution >= 0.6 is 22.9 Å². The van der Waals surface area contributed by atoms with E-state index in [0.29, 0.717) is 5.15 Å². The van der Waals surface area contributed by atoms with Crippen LogP contribution in [0.2, 0.25) is 5.15 Å². The topological polar surface area (TPSA) is 33.1 Å². The number of aliphatic hydroxyl groups excluding tert-OH is 1. The highest BCUT2D eigenvalue weighted by atomic mass is 35.5. The first-order valence-electron chi connectivity index (χ1n) is 3.52. The molecule has 11 heavy (non-hydrogen) atoms. The van der Waals surface area contributed by atoms with Gasteiger partial charge in [0, 0.05) is 0 Å². The van der Waals surface area contributed by atoms with E-state index in [0.717, 1.165) is 22.7 Å². The molecule has 0 saturated heterocycles. The highest BCUT2D eigenvalue weighted by Gasteiger charge is 2.06. The van der Waals surface area contributed by atoms with Crippen LogP contribution in [0.1, 0.15) is 23.2 Å². The molecule has 0 radical (unpaired) electrons. The Hall–Kier alpha value is -0.120. The van der Waals surface area contributed by atoms with Gasteiger partial charge in [-0.25, -0.2) is 4.98 Å². The van der Waals surface area contributed by atoms with Crippen LogP contribution in [0.25, 0.3) is 0 Å². The molecule has 1 aromatic heterocycles. The third kappa shape index (κ3) is 2.15. The molecule has 1 rings (SSSR count). The van der Waals surface area contributed by atoms with Crippen molar-refractivity contribution in [1.29, 1.82) is 0 Å². The van der Waals surface area contributed by atoms with Gasteiger partial charge in [-0.15, -0.1) is 11.3 Å². The van der Waals surface area contributed by atoms with Gasteiger partial charge in [-0.05, 0) is 12.8 Å². The van der Waals surface area contributed by atoms with Crippen molar-refractivity contribution in [1.82, 2.24) is 4.98 Å². The van der Waals surface area contributed by atoms with E-state index < -0.39 is 0 Å². The molecule has 0 fully saturated rings. The maximum atomic E-state index is 8.79. The lowest BCUT2D eigenvalue weighted by atomic mass is 10.4. The van der Waals surface area contributed by atoms with Gasteiger partial charge < -0.3 is 5.11 Å². The summed E-state index contributed by atoms with van der Waals surface area (Å²) in [5.41, 5.74) is 0. The second-order valence-corrected chi connectivity index (χ2v) is 3.76. The van der Waals surface area contributed by atoms with E-state index in [1.54, 1.807) is 0 Å². The lowest BCUT2D eigenvalue weighted by Crippen LogP contribution is -1.78. The van der Waals surface area contributed by atoms with Crippen LogP contribution in [0.5, 0.6) is 0 Å². The molecule has 0 amide bonds. The Labute approximate surface area is 74.8 Å². The van der Waals surface area contributed by atoms with Gasteiger partial charge in [-0.2, -0.15) is 0 Å². The number of thiazole rings is 1. The molecule has 0 bridgehead atoms. The molecule has 0 spiro atoms. The molecule has 1 aromatic rings. The number of aliphatic hydroxyl groups is 1. The van der Waals surface area contributed by atoms with E-state index in [-0.39, 0.29) is 6.61 Å². The van der Waals surface area contributed by atoms with E-state index in [1.165, 1.54) is 11.3 Å². The molecule has 0 atom stereocenters. The minimum Gasteiger partial charge on any atom is -0.391 e. The zero-order valence-electron chi connectivity index (χ0n) is 6.30. The van der Waals surface area contributed by atoms with Crippen molar-refractivity contribution in [3.63, 3.8) is 0 Å². The predicted molar refractivity (Wildman–Crippen MR) is 47.0 cm³/mol. The van der Waals surface area contributed by atoms with Crippen molar-refractivity contribution < 1.29 is 5.11 Å². The van der Waals surface area contributed by atoms with E-state index in [1.807, 2.05) is 0 Å². The van der Waals surface area contributed by atoms with E-state index in [9.17, 15) is 0 Å². The second kappa shape index (κ2) is 4.04. The van der Waals surface area contributed by atoms with Gasteiger partial charge in [-0.1, -0.05) is 18.5 Å². The van der Waals surface area contributed by atoms with Crippen LogP contribution in [0.4, 0.5) is 0 Å². The van der Waals surface area contributed by atoms with Crippen molar-refractivity contribution in [2.75, 3.05) is 0 Å². The fourth-order valence-electron chi connectivity index (χ4n) is 0.797. The number of halogens is 1. The van der Waals surface area contributed by atoms with Gasteiger partial charge in [-0.3, -0.25) is 0 Å². The van der Waals surface area contributed by atoms with Crippen molar-refractivity contribution in [3.05, 3.63) is 15.0 Å². The monoisotopic (exact) mass is 191 g/mol. The van der Waals surface area contributed by atoms with Gasteiger partial charge in [0.25, 0.3) is 0 Å². The number of hydrogen-bond acceptors (Lipinski definition) is 3. The molecule has 1 N–H and O–H groups in total. The Kier molecular flexibility index (Phi) is 3.30. The Morgan fingerprint density at radius 2 is 2.36 bits per heavy atom. The second-order valence-electron chi connectivity index (χ2n) is 2.23. The third-order valence-corrected chi connectivity index (χ3v) is 2.83. The molecule has 0 aliphatic rings. The molecule has 62 valence electrons. The van der Waals surface area contributed by atoms with Crippen molar-refractivity contribution in [3.8, 4) is 0 Å². The average Bonchev–Trinajstić information content (AvgIpc) is 2.32. The zero-order chi connectivity index (χ0) is 8.27. The van der Waals surface area contributed by atoms with E-state index in [4.69, 9.17) is 16.7 Å². The van der Waals surface area contributed by atoms with Gasteiger partial charge in [0.05, 0.1) is 16.5 Å². The molecule has 4 heteroatoms. The summed E-state index contributed by atoms with van der Waals surface area (Å²) >= 11 is 7.21. The minimum atomic E-state index is 0.000213. The lowest BCUT2D eigenvalue weighted by molar-refractivity contribution is 0.285. The van der Waals surface area contributed by atoms with Gasteiger partial charge >= 0.3 is 0 Å². The predicted octanol–water partition coefficient (Wildman–Crippen LogP) is 2.24. The Morgan fingerprint density at radius 3 is 2.82 bits per heavy atom. The first-order valence-corrected chi connectivity index (χ1v) is 4.72. The van der Waals surface area contributed by atoms with Crippen molar-refractivity contribution in [2.24, 2.45) is 0 Å². The van der Waals surface area contributed by atoms with Crippen LogP contribution in [-0.2, 0) is 13.0 Å². The SMILES string of the molecule is CCCc1nc(Cl)c(CO)s1. The van der Waals surface area contributed by atoms with Crippen LogP contribution in [0.15, 0.2) is 0 Å². The maximum Gasteiger partial charge on any atom is 0.145 e. The molecule has 0 aliphatic heterocycles. The molecule has 0 aromatic carbocycles. The average molecular weight is 192 g/mol. The van der Waals surface area contributed by atoms with Crippen molar-refractivity contribution in [2.45, 2.75) is 26.4 Å². The van der Waals surface area contributed by atoms with Crippen LogP contribution in [0.3, 0.4) is 0 Å². The standard InChI is InChI=1S/C7H10ClNOS/c1-2-3-6-9-7(8)5(4-10)11-6/h10H,2-4H2,1H3. The van der Waals surface area contributed by atoms with Gasteiger partial charge in [0.1, 0.15) is 5.15 Å². The molecular formula is C7H10ClNOS. The van der Waals surface area contributed by atoms with Gasteiger partial charge in [0.15, 0.2) is 0 Å². The highest BCUT2D eigenvalue weighted by molar-refractivity contribution is 7.12. The Balaban J connectivity index is 2.77. The molecule has 0 saturated carbocycles. The zero-order valence-corrected chi connectivity index (χ0v) is 7.87. The summed E-state index contributed by atoms with van der Waals surface area (Å²) < 4.78 is 0. The quantitative estimate of drug-likeness (QED) is 0.795. The molecule has 1 heterocycles. The van der Waals surface area contributed by atoms with Crippen LogP contribution in [0, 0.1) is 0 Å².